The Morgan fingerprint density at radius 3 is 2.61 bits per heavy atom. The van der Waals surface area contributed by atoms with Crippen LogP contribution < -0.4 is 10.9 Å². The number of rotatable bonds is 5. The molecule has 1 heterocycles. The van der Waals surface area contributed by atoms with Crippen molar-refractivity contribution in [3.8, 4) is 5.69 Å². The van der Waals surface area contributed by atoms with Gasteiger partial charge in [-0.3, -0.25) is 14.2 Å². The molecule has 1 N–H and O–H groups in total. The molecule has 0 fully saturated rings. The number of carbonyl (C=O) groups excluding carboxylic acids is 1. The second-order valence-corrected chi connectivity index (χ2v) is 8.51. The molecule has 1 amide bonds. The van der Waals surface area contributed by atoms with Gasteiger partial charge in [-0.05, 0) is 55.3 Å². The van der Waals surface area contributed by atoms with Crippen LogP contribution in [0.4, 0.5) is 5.69 Å². The standard InChI is InChI=1S/C24H20ClN3O2S/c1-15-11-12-16(2)20(13-15)26-22(29)14-31-24-27-19-9-5-3-7-17(19)23(30)28(24)21-10-6-4-8-18(21)25/h3-13H,14H2,1-2H3,(H,26,29). The molecule has 0 aliphatic carbocycles. The van der Waals surface area contributed by atoms with Crippen LogP contribution >= 0.6 is 23.4 Å². The highest BCUT2D eigenvalue weighted by atomic mass is 35.5. The number of thioether (sulfide) groups is 1. The molecule has 0 bridgehead atoms. The van der Waals surface area contributed by atoms with E-state index < -0.39 is 0 Å². The number of amides is 1. The van der Waals surface area contributed by atoms with Crippen LogP contribution in [-0.2, 0) is 4.79 Å². The van der Waals surface area contributed by atoms with Crippen molar-refractivity contribution in [3.05, 3.63) is 93.2 Å². The molecule has 0 unspecified atom stereocenters. The summed E-state index contributed by atoms with van der Waals surface area (Å²) in [5, 5.41) is 4.28. The quantitative estimate of drug-likeness (QED) is 0.328. The normalized spacial score (nSPS) is 10.9. The number of aromatic nitrogens is 2. The summed E-state index contributed by atoms with van der Waals surface area (Å²) in [6.45, 7) is 3.92. The van der Waals surface area contributed by atoms with Gasteiger partial charge in [0, 0.05) is 5.69 Å². The van der Waals surface area contributed by atoms with Crippen LogP contribution in [0.1, 0.15) is 11.1 Å². The molecule has 3 aromatic carbocycles. The monoisotopic (exact) mass is 449 g/mol. The lowest BCUT2D eigenvalue weighted by Crippen LogP contribution is -2.23. The maximum atomic E-state index is 13.3. The van der Waals surface area contributed by atoms with E-state index in [2.05, 4.69) is 10.3 Å². The first kappa shape index (κ1) is 21.2. The lowest BCUT2D eigenvalue weighted by Gasteiger charge is -2.14. The number of aryl methyl sites for hydroxylation is 2. The van der Waals surface area contributed by atoms with Gasteiger partial charge in [-0.15, -0.1) is 0 Å². The van der Waals surface area contributed by atoms with E-state index in [9.17, 15) is 9.59 Å². The maximum absolute atomic E-state index is 13.3. The molecule has 0 atom stereocenters. The summed E-state index contributed by atoms with van der Waals surface area (Å²) < 4.78 is 1.47. The maximum Gasteiger partial charge on any atom is 0.266 e. The van der Waals surface area contributed by atoms with Crippen LogP contribution in [0.3, 0.4) is 0 Å². The van der Waals surface area contributed by atoms with Gasteiger partial charge in [0.25, 0.3) is 5.56 Å². The number of fused-ring (bicyclic) bond motifs is 1. The Labute approximate surface area is 189 Å². The fraction of sp³-hybridized carbons (Fsp3) is 0.125. The second-order valence-electron chi connectivity index (χ2n) is 7.16. The molecule has 4 rings (SSSR count). The first-order valence-corrected chi connectivity index (χ1v) is 11.1. The van der Waals surface area contributed by atoms with Crippen LogP contribution in [0.5, 0.6) is 0 Å². The number of benzene rings is 3. The van der Waals surface area contributed by atoms with Gasteiger partial charge in [-0.2, -0.15) is 0 Å². The van der Waals surface area contributed by atoms with Crippen LogP contribution in [0.25, 0.3) is 16.6 Å². The number of para-hydroxylation sites is 2. The first-order valence-electron chi connectivity index (χ1n) is 9.70. The Balaban J connectivity index is 1.69. The van der Waals surface area contributed by atoms with Crippen molar-refractivity contribution in [1.82, 2.24) is 9.55 Å². The average molecular weight is 450 g/mol. The molecule has 7 heteroatoms. The molecule has 0 radical (unpaired) electrons. The third kappa shape index (κ3) is 4.50. The van der Waals surface area contributed by atoms with E-state index in [-0.39, 0.29) is 17.2 Å². The van der Waals surface area contributed by atoms with Crippen molar-refractivity contribution in [2.75, 3.05) is 11.1 Å². The number of carbonyl (C=O) groups is 1. The smallest absolute Gasteiger partial charge is 0.266 e. The van der Waals surface area contributed by atoms with Crippen molar-refractivity contribution >= 4 is 45.9 Å². The highest BCUT2D eigenvalue weighted by molar-refractivity contribution is 7.99. The van der Waals surface area contributed by atoms with Gasteiger partial charge in [0.05, 0.1) is 27.4 Å². The number of hydrogen-bond acceptors (Lipinski definition) is 4. The van der Waals surface area contributed by atoms with Crippen molar-refractivity contribution in [2.45, 2.75) is 19.0 Å². The Hall–Kier alpha value is -3.09. The van der Waals surface area contributed by atoms with Gasteiger partial charge in [0.1, 0.15) is 0 Å². The van der Waals surface area contributed by atoms with E-state index in [1.165, 1.54) is 16.3 Å². The topological polar surface area (TPSA) is 64.0 Å². The largest absolute Gasteiger partial charge is 0.325 e. The van der Waals surface area contributed by atoms with Crippen molar-refractivity contribution in [3.63, 3.8) is 0 Å². The van der Waals surface area contributed by atoms with Crippen LogP contribution in [0, 0.1) is 13.8 Å². The number of hydrogen-bond donors (Lipinski definition) is 1. The Morgan fingerprint density at radius 2 is 1.81 bits per heavy atom. The number of halogens is 1. The lowest BCUT2D eigenvalue weighted by atomic mass is 10.1. The fourth-order valence-electron chi connectivity index (χ4n) is 3.24. The fourth-order valence-corrected chi connectivity index (χ4v) is 4.27. The van der Waals surface area contributed by atoms with Crippen molar-refractivity contribution in [1.29, 1.82) is 0 Å². The molecule has 1 aromatic heterocycles. The molecular formula is C24H20ClN3O2S. The van der Waals surface area contributed by atoms with Gasteiger partial charge in [-0.25, -0.2) is 4.98 Å². The highest BCUT2D eigenvalue weighted by Gasteiger charge is 2.16. The molecule has 31 heavy (non-hydrogen) atoms. The first-order chi connectivity index (χ1) is 14.9. The van der Waals surface area contributed by atoms with Gasteiger partial charge >= 0.3 is 0 Å². The zero-order valence-corrected chi connectivity index (χ0v) is 18.6. The highest BCUT2D eigenvalue weighted by Crippen LogP contribution is 2.26. The molecule has 0 aliphatic rings. The van der Waals surface area contributed by atoms with Gasteiger partial charge in [0.15, 0.2) is 5.16 Å². The Morgan fingerprint density at radius 1 is 1.06 bits per heavy atom. The second kappa shape index (κ2) is 8.96. The van der Waals surface area contributed by atoms with E-state index in [1.54, 1.807) is 36.4 Å². The molecule has 4 aromatic rings. The van der Waals surface area contributed by atoms with E-state index in [1.807, 2.05) is 44.2 Å². The minimum absolute atomic E-state index is 0.0998. The van der Waals surface area contributed by atoms with Gasteiger partial charge in [-0.1, -0.05) is 59.8 Å². The van der Waals surface area contributed by atoms with E-state index in [4.69, 9.17) is 11.6 Å². The summed E-state index contributed by atoms with van der Waals surface area (Å²) in [6, 6.07) is 20.2. The average Bonchev–Trinajstić information content (AvgIpc) is 2.76. The molecule has 0 spiro atoms. The Kier molecular flexibility index (Phi) is 6.11. The van der Waals surface area contributed by atoms with E-state index in [0.29, 0.717) is 26.8 Å². The lowest BCUT2D eigenvalue weighted by molar-refractivity contribution is -0.113. The van der Waals surface area contributed by atoms with E-state index in [0.717, 1.165) is 16.8 Å². The van der Waals surface area contributed by atoms with Crippen molar-refractivity contribution < 1.29 is 4.79 Å². The minimum atomic E-state index is -0.226. The molecule has 0 aliphatic heterocycles. The molecule has 5 nitrogen and oxygen atoms in total. The number of nitrogens with one attached hydrogen (secondary N) is 1. The SMILES string of the molecule is Cc1ccc(C)c(NC(=O)CSc2nc3ccccc3c(=O)n2-c2ccccc2Cl)c1. The summed E-state index contributed by atoms with van der Waals surface area (Å²) in [6.07, 6.45) is 0. The predicted molar refractivity (Wildman–Crippen MR) is 128 cm³/mol. The van der Waals surface area contributed by atoms with Crippen LogP contribution in [0.15, 0.2) is 76.7 Å². The van der Waals surface area contributed by atoms with Crippen molar-refractivity contribution in [2.24, 2.45) is 0 Å². The van der Waals surface area contributed by atoms with E-state index >= 15 is 0 Å². The zero-order chi connectivity index (χ0) is 22.0. The minimum Gasteiger partial charge on any atom is -0.325 e. The van der Waals surface area contributed by atoms with Gasteiger partial charge in [0.2, 0.25) is 5.91 Å². The zero-order valence-electron chi connectivity index (χ0n) is 17.1. The molecule has 156 valence electrons. The summed E-state index contributed by atoms with van der Waals surface area (Å²) in [5.41, 5.74) is 3.72. The Bertz CT molecular complexity index is 1350. The summed E-state index contributed by atoms with van der Waals surface area (Å²) in [7, 11) is 0. The third-order valence-electron chi connectivity index (χ3n) is 4.84. The third-order valence-corrected chi connectivity index (χ3v) is 6.10. The summed E-state index contributed by atoms with van der Waals surface area (Å²) >= 11 is 7.58. The number of anilines is 1. The number of nitrogens with zero attached hydrogens (tertiary/aromatic N) is 2. The molecule has 0 saturated carbocycles. The summed E-state index contributed by atoms with van der Waals surface area (Å²) in [5.74, 6) is -0.0744. The summed E-state index contributed by atoms with van der Waals surface area (Å²) in [4.78, 5) is 30.6. The van der Waals surface area contributed by atoms with Crippen LogP contribution in [0.2, 0.25) is 5.02 Å². The van der Waals surface area contributed by atoms with Gasteiger partial charge < -0.3 is 5.32 Å². The molecular weight excluding hydrogens is 430 g/mol. The predicted octanol–water partition coefficient (Wildman–Crippen LogP) is 5.39. The van der Waals surface area contributed by atoms with Crippen LogP contribution in [-0.4, -0.2) is 21.2 Å². The molecule has 0 saturated heterocycles.